The van der Waals surface area contributed by atoms with Gasteiger partial charge < -0.3 is 14.8 Å². The minimum absolute atomic E-state index is 0.000336. The lowest BCUT2D eigenvalue weighted by Gasteiger charge is -2.49. The van der Waals surface area contributed by atoms with Crippen molar-refractivity contribution < 1.29 is 22.3 Å². The van der Waals surface area contributed by atoms with Crippen molar-refractivity contribution in [2.75, 3.05) is 39.5 Å². The third-order valence-corrected chi connectivity index (χ3v) is 8.64. The Bertz CT molecular complexity index is 1190. The Labute approximate surface area is 208 Å². The van der Waals surface area contributed by atoms with Crippen LogP contribution in [0.4, 0.5) is 4.39 Å². The number of nitrogens with zero attached hydrogens (tertiary/aromatic N) is 2. The van der Waals surface area contributed by atoms with Crippen molar-refractivity contribution in [3.8, 4) is 11.8 Å². The molecule has 2 aliphatic rings. The lowest BCUT2D eigenvalue weighted by atomic mass is 9.82. The minimum Gasteiger partial charge on any atom is -0.493 e. The SMILES string of the molecule is N#Cc1ccc(OCC2(CNC3CCOCC3)CN(S(=O)(=O)c3ccc(Cl)cc3Cl)C2)cc1F. The molecule has 1 N–H and O–H groups in total. The summed E-state index contributed by atoms with van der Waals surface area (Å²) in [7, 11) is -3.82. The molecule has 7 nitrogen and oxygen atoms in total. The highest BCUT2D eigenvalue weighted by molar-refractivity contribution is 7.89. The first-order valence-electron chi connectivity index (χ1n) is 10.8. The van der Waals surface area contributed by atoms with Gasteiger partial charge in [-0.1, -0.05) is 23.2 Å². The van der Waals surface area contributed by atoms with Crippen LogP contribution in [0.15, 0.2) is 41.3 Å². The first-order chi connectivity index (χ1) is 16.2. The summed E-state index contributed by atoms with van der Waals surface area (Å²) >= 11 is 12.1. The molecule has 0 spiro atoms. The van der Waals surface area contributed by atoms with E-state index >= 15 is 0 Å². The summed E-state index contributed by atoms with van der Waals surface area (Å²) in [6.45, 7) is 2.49. The summed E-state index contributed by atoms with van der Waals surface area (Å²) in [6, 6.07) is 10.4. The molecule has 0 saturated carbocycles. The normalized spacial score (nSPS) is 18.8. The molecule has 2 aliphatic heterocycles. The third kappa shape index (κ3) is 5.48. The van der Waals surface area contributed by atoms with Gasteiger partial charge in [-0.3, -0.25) is 0 Å². The number of halogens is 3. The summed E-state index contributed by atoms with van der Waals surface area (Å²) < 4.78 is 53.0. The fraction of sp³-hybridized carbons (Fsp3) is 0.435. The Morgan fingerprint density at radius 3 is 2.59 bits per heavy atom. The van der Waals surface area contributed by atoms with E-state index in [1.54, 1.807) is 6.07 Å². The summed E-state index contributed by atoms with van der Waals surface area (Å²) in [6.07, 6.45) is 1.75. The van der Waals surface area contributed by atoms with E-state index in [2.05, 4.69) is 5.32 Å². The van der Waals surface area contributed by atoms with E-state index < -0.39 is 21.3 Å². The van der Waals surface area contributed by atoms with Gasteiger partial charge in [0, 0.05) is 55.4 Å². The van der Waals surface area contributed by atoms with Gasteiger partial charge in [-0.15, -0.1) is 0 Å². The molecule has 34 heavy (non-hydrogen) atoms. The average Bonchev–Trinajstić information content (AvgIpc) is 2.78. The number of hydrogen-bond acceptors (Lipinski definition) is 6. The van der Waals surface area contributed by atoms with Crippen molar-refractivity contribution in [3.05, 3.63) is 57.8 Å². The molecule has 2 aromatic rings. The molecular weight excluding hydrogens is 504 g/mol. The lowest BCUT2D eigenvalue weighted by molar-refractivity contribution is 0.0105. The number of hydrogen-bond donors (Lipinski definition) is 1. The van der Waals surface area contributed by atoms with Crippen LogP contribution < -0.4 is 10.1 Å². The van der Waals surface area contributed by atoms with Gasteiger partial charge in [0.2, 0.25) is 10.0 Å². The highest BCUT2D eigenvalue weighted by Gasteiger charge is 2.49. The second-order valence-electron chi connectivity index (χ2n) is 8.66. The van der Waals surface area contributed by atoms with Gasteiger partial charge in [-0.2, -0.15) is 9.57 Å². The third-order valence-electron chi connectivity index (χ3n) is 6.13. The van der Waals surface area contributed by atoms with Crippen LogP contribution in [0.1, 0.15) is 18.4 Å². The molecule has 0 aliphatic carbocycles. The maximum atomic E-state index is 14.0. The Balaban J connectivity index is 1.48. The number of benzene rings is 2. The summed E-state index contributed by atoms with van der Waals surface area (Å²) in [5.74, 6) is -0.381. The minimum atomic E-state index is -3.82. The Hall–Kier alpha value is -1.93. The number of ether oxygens (including phenoxy) is 2. The maximum Gasteiger partial charge on any atom is 0.244 e. The van der Waals surface area contributed by atoms with Gasteiger partial charge >= 0.3 is 0 Å². The van der Waals surface area contributed by atoms with Crippen LogP contribution >= 0.6 is 23.2 Å². The van der Waals surface area contributed by atoms with Crippen molar-refractivity contribution in [1.82, 2.24) is 9.62 Å². The van der Waals surface area contributed by atoms with E-state index in [0.717, 1.165) is 12.8 Å². The molecule has 2 saturated heterocycles. The first kappa shape index (κ1) is 25.2. The van der Waals surface area contributed by atoms with Crippen molar-refractivity contribution in [2.24, 2.45) is 5.41 Å². The predicted molar refractivity (Wildman–Crippen MR) is 126 cm³/mol. The van der Waals surface area contributed by atoms with Gasteiger partial charge in [0.25, 0.3) is 0 Å². The molecule has 0 bridgehead atoms. The van der Waals surface area contributed by atoms with Gasteiger partial charge in [0.1, 0.15) is 22.5 Å². The molecule has 0 unspecified atom stereocenters. The van der Waals surface area contributed by atoms with Crippen molar-refractivity contribution in [1.29, 1.82) is 5.26 Å². The van der Waals surface area contributed by atoms with Crippen molar-refractivity contribution in [3.63, 3.8) is 0 Å². The van der Waals surface area contributed by atoms with Crippen LogP contribution in [0, 0.1) is 22.6 Å². The Kier molecular flexibility index (Phi) is 7.67. The van der Waals surface area contributed by atoms with E-state index in [1.165, 1.54) is 40.7 Å². The quantitative estimate of drug-likeness (QED) is 0.560. The standard InChI is InChI=1S/C23H24Cl2FN3O4S/c24-17-2-4-22(20(25)9-17)34(30,31)29-13-23(14-29,12-28-18-5-7-32-8-6-18)15-33-19-3-1-16(11-27)21(26)10-19/h1-4,9-10,18,28H,5-8,12-15H2. The predicted octanol–water partition coefficient (Wildman–Crippen LogP) is 3.84. The fourth-order valence-electron chi connectivity index (χ4n) is 4.12. The van der Waals surface area contributed by atoms with Crippen LogP contribution in [-0.4, -0.2) is 58.2 Å². The zero-order chi connectivity index (χ0) is 24.3. The molecule has 182 valence electrons. The van der Waals surface area contributed by atoms with Crippen LogP contribution in [0.5, 0.6) is 5.75 Å². The van der Waals surface area contributed by atoms with Crippen molar-refractivity contribution >= 4 is 33.2 Å². The van der Waals surface area contributed by atoms with Crippen molar-refractivity contribution in [2.45, 2.75) is 23.8 Å². The van der Waals surface area contributed by atoms with Gasteiger partial charge in [-0.25, -0.2) is 12.8 Å². The van der Waals surface area contributed by atoms with E-state index in [0.29, 0.717) is 24.8 Å². The molecule has 0 radical (unpaired) electrons. The van der Waals surface area contributed by atoms with E-state index in [9.17, 15) is 12.8 Å². The molecular formula is C23H24Cl2FN3O4S. The molecule has 0 aromatic heterocycles. The second-order valence-corrected chi connectivity index (χ2v) is 11.4. The largest absolute Gasteiger partial charge is 0.493 e. The topological polar surface area (TPSA) is 91.7 Å². The zero-order valence-electron chi connectivity index (χ0n) is 18.3. The first-order valence-corrected chi connectivity index (χ1v) is 13.0. The van der Waals surface area contributed by atoms with Crippen LogP contribution in [0.3, 0.4) is 0 Å². The molecule has 2 heterocycles. The Morgan fingerprint density at radius 1 is 1.21 bits per heavy atom. The van der Waals surface area contributed by atoms with Gasteiger partial charge in [0.15, 0.2) is 0 Å². The maximum absolute atomic E-state index is 14.0. The summed E-state index contributed by atoms with van der Waals surface area (Å²) in [5, 5.41) is 12.9. The number of sulfonamides is 1. The number of nitrogens with one attached hydrogen (secondary N) is 1. The zero-order valence-corrected chi connectivity index (χ0v) is 20.6. The highest BCUT2D eigenvalue weighted by atomic mass is 35.5. The van der Waals surface area contributed by atoms with Crippen LogP contribution in [0.25, 0.3) is 0 Å². The molecule has 0 amide bonds. The van der Waals surface area contributed by atoms with Gasteiger partial charge in [-0.05, 0) is 43.2 Å². The second kappa shape index (κ2) is 10.4. The monoisotopic (exact) mass is 527 g/mol. The van der Waals surface area contributed by atoms with E-state index in [-0.39, 0.29) is 47.0 Å². The molecule has 4 rings (SSSR count). The number of rotatable bonds is 8. The average molecular weight is 528 g/mol. The molecule has 2 aromatic carbocycles. The highest BCUT2D eigenvalue weighted by Crippen LogP contribution is 2.38. The molecule has 0 atom stereocenters. The fourth-order valence-corrected chi connectivity index (χ4v) is 6.54. The van der Waals surface area contributed by atoms with Crippen LogP contribution in [0.2, 0.25) is 10.0 Å². The van der Waals surface area contributed by atoms with Crippen LogP contribution in [-0.2, 0) is 14.8 Å². The molecule has 2 fully saturated rings. The summed E-state index contributed by atoms with van der Waals surface area (Å²) in [5.41, 5.74) is -0.585. The lowest BCUT2D eigenvalue weighted by Crippen LogP contribution is -2.65. The van der Waals surface area contributed by atoms with Gasteiger partial charge in [0.05, 0.1) is 17.2 Å². The van der Waals surface area contributed by atoms with E-state index in [1.807, 2.05) is 0 Å². The number of nitriles is 1. The summed E-state index contributed by atoms with van der Waals surface area (Å²) in [4.78, 5) is -0.000336. The smallest absolute Gasteiger partial charge is 0.244 e. The van der Waals surface area contributed by atoms with E-state index in [4.69, 9.17) is 37.9 Å². The molecule has 11 heteroatoms. The Morgan fingerprint density at radius 2 is 1.94 bits per heavy atom.